The molecule has 1 aromatic rings. The van der Waals surface area contributed by atoms with E-state index in [9.17, 15) is 0 Å². The van der Waals surface area contributed by atoms with E-state index in [-0.39, 0.29) is 5.96 Å². The Morgan fingerprint density at radius 2 is 1.59 bits per heavy atom. The molecule has 0 radical (unpaired) electrons. The van der Waals surface area contributed by atoms with Gasteiger partial charge in [0.2, 0.25) is 5.75 Å². The predicted molar refractivity (Wildman–Crippen MR) is 66.4 cm³/mol. The molecule has 1 rings (SSSR count). The van der Waals surface area contributed by atoms with Gasteiger partial charge in [-0.2, -0.15) is 0 Å². The molecule has 0 bridgehead atoms. The van der Waals surface area contributed by atoms with Gasteiger partial charge in [0.1, 0.15) is 0 Å². The van der Waals surface area contributed by atoms with E-state index in [2.05, 4.69) is 0 Å². The van der Waals surface area contributed by atoms with Crippen molar-refractivity contribution in [2.24, 2.45) is 5.73 Å². The molecule has 94 valence electrons. The third-order valence-corrected chi connectivity index (χ3v) is 2.40. The van der Waals surface area contributed by atoms with Crippen LogP contribution in [-0.4, -0.2) is 34.3 Å². The molecule has 0 aliphatic carbocycles. The van der Waals surface area contributed by atoms with Crippen molar-refractivity contribution in [2.75, 3.05) is 33.3 Å². The molecular weight excluding hydrogens is 222 g/mol. The fourth-order valence-corrected chi connectivity index (χ4v) is 1.40. The zero-order valence-corrected chi connectivity index (χ0v) is 10.4. The average molecular weight is 239 g/mol. The van der Waals surface area contributed by atoms with E-state index in [4.69, 9.17) is 25.4 Å². The normalized spacial score (nSPS) is 9.65. The molecule has 0 aliphatic heterocycles. The molecule has 0 aromatic heterocycles. The monoisotopic (exact) mass is 239 g/mol. The lowest BCUT2D eigenvalue weighted by molar-refractivity contribution is 0.324. The summed E-state index contributed by atoms with van der Waals surface area (Å²) >= 11 is 0. The Bertz CT molecular complexity index is 395. The van der Waals surface area contributed by atoms with Crippen LogP contribution >= 0.6 is 0 Å². The van der Waals surface area contributed by atoms with Crippen LogP contribution in [0.3, 0.4) is 0 Å². The van der Waals surface area contributed by atoms with Crippen LogP contribution in [-0.2, 0) is 0 Å². The summed E-state index contributed by atoms with van der Waals surface area (Å²) in [5.41, 5.74) is 6.10. The van der Waals surface area contributed by atoms with Crippen LogP contribution in [0.15, 0.2) is 12.1 Å². The topological polar surface area (TPSA) is 80.8 Å². The number of nitrogens with two attached hydrogens (primary N) is 1. The van der Waals surface area contributed by atoms with Crippen molar-refractivity contribution in [3.63, 3.8) is 0 Å². The third-order valence-electron chi connectivity index (χ3n) is 2.40. The number of rotatable bonds is 4. The first kappa shape index (κ1) is 13.0. The number of methoxy groups -OCH3 is 3. The van der Waals surface area contributed by atoms with E-state index in [1.165, 1.54) is 26.2 Å². The molecule has 0 spiro atoms. The van der Waals surface area contributed by atoms with E-state index in [1.807, 2.05) is 0 Å². The summed E-state index contributed by atoms with van der Waals surface area (Å²) in [5.74, 6) is 1.49. The largest absolute Gasteiger partial charge is 0.493 e. The summed E-state index contributed by atoms with van der Waals surface area (Å²) in [6, 6.07) is 3.45. The highest BCUT2D eigenvalue weighted by Crippen LogP contribution is 2.40. The molecular formula is C11H17N3O3. The van der Waals surface area contributed by atoms with Crippen molar-refractivity contribution >= 4 is 11.6 Å². The van der Waals surface area contributed by atoms with E-state index in [0.29, 0.717) is 22.9 Å². The number of nitrogens with zero attached hydrogens (tertiary/aromatic N) is 1. The highest BCUT2D eigenvalue weighted by Gasteiger charge is 2.15. The first-order valence-electron chi connectivity index (χ1n) is 4.92. The van der Waals surface area contributed by atoms with Gasteiger partial charge < -0.3 is 24.8 Å². The van der Waals surface area contributed by atoms with Crippen molar-refractivity contribution in [1.82, 2.24) is 0 Å². The SMILES string of the molecule is COc1cc(N(C)C(=N)N)cc(OC)c1OC. The van der Waals surface area contributed by atoms with Gasteiger partial charge in [0.15, 0.2) is 17.5 Å². The minimum Gasteiger partial charge on any atom is -0.493 e. The van der Waals surface area contributed by atoms with Gasteiger partial charge in [0.25, 0.3) is 0 Å². The summed E-state index contributed by atoms with van der Waals surface area (Å²) in [4.78, 5) is 1.50. The zero-order valence-electron chi connectivity index (χ0n) is 10.4. The minimum atomic E-state index is -0.0701. The van der Waals surface area contributed by atoms with Gasteiger partial charge in [-0.15, -0.1) is 0 Å². The standard InChI is InChI=1S/C11H17N3O3/c1-14(11(12)13)7-5-8(15-2)10(17-4)9(6-7)16-3/h5-6H,1-4H3,(H3,12,13). The van der Waals surface area contributed by atoms with E-state index in [1.54, 1.807) is 19.2 Å². The molecule has 0 heterocycles. The lowest BCUT2D eigenvalue weighted by atomic mass is 10.2. The first-order chi connectivity index (χ1) is 8.04. The Hall–Kier alpha value is -2.11. The van der Waals surface area contributed by atoms with Crippen LogP contribution in [0.1, 0.15) is 0 Å². The van der Waals surface area contributed by atoms with Gasteiger partial charge in [-0.25, -0.2) is 0 Å². The van der Waals surface area contributed by atoms with Crippen LogP contribution in [0.5, 0.6) is 17.2 Å². The summed E-state index contributed by atoms with van der Waals surface area (Å²) in [6.07, 6.45) is 0. The van der Waals surface area contributed by atoms with Crippen molar-refractivity contribution < 1.29 is 14.2 Å². The quantitative estimate of drug-likeness (QED) is 0.606. The fraction of sp³-hybridized carbons (Fsp3) is 0.364. The van der Waals surface area contributed by atoms with Crippen molar-refractivity contribution in [1.29, 1.82) is 5.41 Å². The maximum Gasteiger partial charge on any atom is 0.203 e. The smallest absolute Gasteiger partial charge is 0.203 e. The minimum absolute atomic E-state index is 0.0701. The lowest BCUT2D eigenvalue weighted by Gasteiger charge is -2.20. The van der Waals surface area contributed by atoms with E-state index in [0.717, 1.165) is 0 Å². The van der Waals surface area contributed by atoms with Gasteiger partial charge in [0, 0.05) is 19.2 Å². The predicted octanol–water partition coefficient (Wildman–Crippen LogP) is 1.04. The Morgan fingerprint density at radius 3 is 1.88 bits per heavy atom. The molecule has 0 saturated carbocycles. The Morgan fingerprint density at radius 1 is 1.12 bits per heavy atom. The Kier molecular flexibility index (Phi) is 4.03. The maximum atomic E-state index is 7.38. The van der Waals surface area contributed by atoms with Crippen LogP contribution in [0, 0.1) is 5.41 Å². The van der Waals surface area contributed by atoms with Gasteiger partial charge in [-0.1, -0.05) is 0 Å². The number of benzene rings is 1. The van der Waals surface area contributed by atoms with Crippen LogP contribution in [0.4, 0.5) is 5.69 Å². The second-order valence-corrected chi connectivity index (χ2v) is 3.33. The molecule has 17 heavy (non-hydrogen) atoms. The second-order valence-electron chi connectivity index (χ2n) is 3.33. The molecule has 0 saturated heterocycles. The average Bonchev–Trinajstić information content (AvgIpc) is 2.35. The second kappa shape index (κ2) is 5.29. The number of hydrogen-bond donors (Lipinski definition) is 2. The molecule has 0 atom stereocenters. The number of ether oxygens (including phenoxy) is 3. The lowest BCUT2D eigenvalue weighted by Crippen LogP contribution is -2.32. The molecule has 0 unspecified atom stereocenters. The van der Waals surface area contributed by atoms with Crippen molar-refractivity contribution in [3.8, 4) is 17.2 Å². The van der Waals surface area contributed by atoms with Crippen LogP contribution < -0.4 is 24.8 Å². The fourth-order valence-electron chi connectivity index (χ4n) is 1.40. The highest BCUT2D eigenvalue weighted by molar-refractivity contribution is 5.92. The third kappa shape index (κ3) is 2.52. The summed E-state index contributed by atoms with van der Waals surface area (Å²) in [5, 5.41) is 7.38. The Balaban J connectivity index is 3.31. The Labute approximate surface area is 100 Å². The molecule has 6 nitrogen and oxygen atoms in total. The van der Waals surface area contributed by atoms with Gasteiger partial charge in [0.05, 0.1) is 27.0 Å². The van der Waals surface area contributed by atoms with Crippen molar-refractivity contribution in [3.05, 3.63) is 12.1 Å². The van der Waals surface area contributed by atoms with Crippen LogP contribution in [0.25, 0.3) is 0 Å². The summed E-state index contributed by atoms with van der Waals surface area (Å²) in [6.45, 7) is 0. The number of guanidine groups is 1. The van der Waals surface area contributed by atoms with Crippen molar-refractivity contribution in [2.45, 2.75) is 0 Å². The number of nitrogens with one attached hydrogen (secondary N) is 1. The summed E-state index contributed by atoms with van der Waals surface area (Å²) < 4.78 is 15.6. The number of anilines is 1. The summed E-state index contributed by atoms with van der Waals surface area (Å²) in [7, 11) is 6.29. The van der Waals surface area contributed by atoms with Crippen LogP contribution in [0.2, 0.25) is 0 Å². The molecule has 3 N–H and O–H groups in total. The molecule has 0 aliphatic rings. The molecule has 0 fully saturated rings. The van der Waals surface area contributed by atoms with E-state index < -0.39 is 0 Å². The maximum absolute atomic E-state index is 7.38. The van der Waals surface area contributed by atoms with Gasteiger partial charge in [-0.05, 0) is 0 Å². The molecule has 0 amide bonds. The molecule has 1 aromatic carbocycles. The zero-order chi connectivity index (χ0) is 13.0. The van der Waals surface area contributed by atoms with Gasteiger partial charge in [-0.3, -0.25) is 5.41 Å². The number of hydrogen-bond acceptors (Lipinski definition) is 4. The van der Waals surface area contributed by atoms with Gasteiger partial charge >= 0.3 is 0 Å². The first-order valence-corrected chi connectivity index (χ1v) is 4.92. The highest BCUT2D eigenvalue weighted by atomic mass is 16.5. The van der Waals surface area contributed by atoms with E-state index >= 15 is 0 Å². The molecule has 6 heteroatoms.